The van der Waals surface area contributed by atoms with Crippen LogP contribution >= 0.6 is 0 Å². The molecule has 0 unspecified atom stereocenters. The normalized spacial score (nSPS) is 12.0. The van der Waals surface area contributed by atoms with Gasteiger partial charge in [-0.2, -0.15) is 0 Å². The Labute approximate surface area is 150 Å². The first kappa shape index (κ1) is 16.1. The van der Waals surface area contributed by atoms with Crippen molar-refractivity contribution < 1.29 is 23.4 Å². The molecule has 1 aromatic heterocycles. The minimum atomic E-state index is -0.161. The van der Waals surface area contributed by atoms with E-state index in [1.807, 2.05) is 36.4 Å². The number of rotatable bonds is 6. The fourth-order valence-corrected chi connectivity index (χ4v) is 2.62. The van der Waals surface area contributed by atoms with Gasteiger partial charge in [0.2, 0.25) is 6.79 Å². The van der Waals surface area contributed by atoms with Gasteiger partial charge in [0.25, 0.3) is 5.91 Å². The van der Waals surface area contributed by atoms with Gasteiger partial charge in [-0.15, -0.1) is 0 Å². The first-order chi connectivity index (χ1) is 12.8. The average molecular weight is 351 g/mol. The predicted octanol–water partition coefficient (Wildman–Crippen LogP) is 3.52. The van der Waals surface area contributed by atoms with Gasteiger partial charge in [-0.3, -0.25) is 4.79 Å². The molecule has 0 saturated carbocycles. The Morgan fingerprint density at radius 3 is 2.85 bits per heavy atom. The lowest BCUT2D eigenvalue weighted by Crippen LogP contribution is -2.22. The highest BCUT2D eigenvalue weighted by molar-refractivity contribution is 5.94. The number of amides is 1. The molecule has 4 rings (SSSR count). The van der Waals surface area contributed by atoms with E-state index in [1.54, 1.807) is 24.5 Å². The molecule has 1 aliphatic heterocycles. The molecule has 0 fully saturated rings. The summed E-state index contributed by atoms with van der Waals surface area (Å²) in [6, 6.07) is 16.4. The number of fused-ring (bicyclic) bond motifs is 1. The van der Waals surface area contributed by atoms with Crippen molar-refractivity contribution in [3.05, 3.63) is 77.7 Å². The van der Waals surface area contributed by atoms with Gasteiger partial charge >= 0.3 is 0 Å². The van der Waals surface area contributed by atoms with E-state index in [2.05, 4.69) is 5.32 Å². The van der Waals surface area contributed by atoms with Gasteiger partial charge in [0.15, 0.2) is 11.5 Å². The van der Waals surface area contributed by atoms with E-state index in [0.29, 0.717) is 41.7 Å². The highest BCUT2D eigenvalue weighted by Gasteiger charge is 2.14. The van der Waals surface area contributed by atoms with Crippen LogP contribution in [0.2, 0.25) is 0 Å². The Hall–Kier alpha value is -3.41. The monoisotopic (exact) mass is 351 g/mol. The van der Waals surface area contributed by atoms with E-state index >= 15 is 0 Å². The number of nitrogens with one attached hydrogen (secondary N) is 1. The van der Waals surface area contributed by atoms with E-state index in [0.717, 1.165) is 5.56 Å². The quantitative estimate of drug-likeness (QED) is 0.736. The number of ether oxygens (including phenoxy) is 3. The van der Waals surface area contributed by atoms with Crippen LogP contribution in [0.15, 0.2) is 65.3 Å². The molecule has 6 nitrogen and oxygen atoms in total. The highest BCUT2D eigenvalue weighted by atomic mass is 16.7. The number of carbonyl (C=O) groups is 1. The molecule has 0 spiro atoms. The number of carbonyl (C=O) groups excluding carboxylic acids is 1. The standard InChI is InChI=1S/C20H17NO5/c22-20(21-11-17-5-2-8-23-17)15-4-1-3-14(9-15)12-24-16-6-7-18-19(10-16)26-13-25-18/h1-10H,11-13H2,(H,21,22). The van der Waals surface area contributed by atoms with Crippen molar-refractivity contribution >= 4 is 5.91 Å². The van der Waals surface area contributed by atoms with Crippen molar-refractivity contribution in [1.29, 1.82) is 0 Å². The van der Waals surface area contributed by atoms with Gasteiger partial charge in [-0.05, 0) is 42.0 Å². The summed E-state index contributed by atoms with van der Waals surface area (Å²) in [6.45, 7) is 0.927. The molecule has 1 N–H and O–H groups in total. The number of hydrogen-bond donors (Lipinski definition) is 1. The molecule has 0 radical (unpaired) electrons. The summed E-state index contributed by atoms with van der Waals surface area (Å²) in [7, 11) is 0. The second kappa shape index (κ2) is 7.23. The minimum absolute atomic E-state index is 0.161. The van der Waals surface area contributed by atoms with Crippen molar-refractivity contribution in [1.82, 2.24) is 5.32 Å². The van der Waals surface area contributed by atoms with Crippen LogP contribution in [0, 0.1) is 0 Å². The summed E-state index contributed by atoms with van der Waals surface area (Å²) in [5.41, 5.74) is 1.47. The van der Waals surface area contributed by atoms with Gasteiger partial charge in [0, 0.05) is 11.6 Å². The predicted molar refractivity (Wildman–Crippen MR) is 93.2 cm³/mol. The van der Waals surface area contributed by atoms with Crippen LogP contribution in [-0.2, 0) is 13.2 Å². The van der Waals surface area contributed by atoms with E-state index in [9.17, 15) is 4.79 Å². The lowest BCUT2D eigenvalue weighted by Gasteiger charge is -2.09. The summed E-state index contributed by atoms with van der Waals surface area (Å²) < 4.78 is 21.6. The van der Waals surface area contributed by atoms with E-state index in [-0.39, 0.29) is 12.7 Å². The Morgan fingerprint density at radius 2 is 1.96 bits per heavy atom. The third-order valence-electron chi connectivity index (χ3n) is 3.94. The maximum absolute atomic E-state index is 12.3. The molecule has 6 heteroatoms. The van der Waals surface area contributed by atoms with Crippen molar-refractivity contribution in [3.8, 4) is 17.2 Å². The summed E-state index contributed by atoms with van der Waals surface area (Å²) in [5.74, 6) is 2.62. The van der Waals surface area contributed by atoms with Gasteiger partial charge in [-0.1, -0.05) is 12.1 Å². The fraction of sp³-hybridized carbons (Fsp3) is 0.150. The van der Waals surface area contributed by atoms with Crippen LogP contribution in [-0.4, -0.2) is 12.7 Å². The van der Waals surface area contributed by atoms with Crippen LogP contribution in [0.3, 0.4) is 0 Å². The Morgan fingerprint density at radius 1 is 1.04 bits per heavy atom. The Kier molecular flexibility index (Phi) is 4.47. The van der Waals surface area contributed by atoms with Gasteiger partial charge in [0.1, 0.15) is 18.1 Å². The van der Waals surface area contributed by atoms with Crippen LogP contribution in [0.5, 0.6) is 17.2 Å². The second-order valence-electron chi connectivity index (χ2n) is 5.77. The van der Waals surface area contributed by atoms with Gasteiger partial charge < -0.3 is 23.9 Å². The maximum atomic E-state index is 12.3. The van der Waals surface area contributed by atoms with Crippen molar-refractivity contribution in [3.63, 3.8) is 0 Å². The van der Waals surface area contributed by atoms with Crippen LogP contribution in [0.1, 0.15) is 21.7 Å². The summed E-state index contributed by atoms with van der Waals surface area (Å²) >= 11 is 0. The first-order valence-corrected chi connectivity index (χ1v) is 8.20. The van der Waals surface area contributed by atoms with E-state index in [1.165, 1.54) is 0 Å². The lowest BCUT2D eigenvalue weighted by atomic mass is 10.1. The Bertz CT molecular complexity index is 904. The average Bonchev–Trinajstić information content (AvgIpc) is 3.35. The lowest BCUT2D eigenvalue weighted by molar-refractivity contribution is 0.0948. The third-order valence-corrected chi connectivity index (χ3v) is 3.94. The topological polar surface area (TPSA) is 69.9 Å². The summed E-state index contributed by atoms with van der Waals surface area (Å²) in [6.07, 6.45) is 1.58. The molecule has 132 valence electrons. The zero-order chi connectivity index (χ0) is 17.8. The molecular formula is C20H17NO5. The fourth-order valence-electron chi connectivity index (χ4n) is 2.62. The zero-order valence-electron chi connectivity index (χ0n) is 13.9. The van der Waals surface area contributed by atoms with Gasteiger partial charge in [-0.25, -0.2) is 0 Å². The molecule has 0 bridgehead atoms. The van der Waals surface area contributed by atoms with Crippen LogP contribution in [0.4, 0.5) is 0 Å². The molecule has 2 aromatic carbocycles. The molecule has 0 aliphatic carbocycles. The van der Waals surface area contributed by atoms with Crippen molar-refractivity contribution in [2.75, 3.05) is 6.79 Å². The number of furan rings is 1. The number of hydrogen-bond acceptors (Lipinski definition) is 5. The van der Waals surface area contributed by atoms with E-state index < -0.39 is 0 Å². The molecule has 2 heterocycles. The minimum Gasteiger partial charge on any atom is -0.489 e. The van der Waals surface area contributed by atoms with E-state index in [4.69, 9.17) is 18.6 Å². The SMILES string of the molecule is O=C(NCc1ccco1)c1cccc(COc2ccc3c(c2)OCO3)c1. The Balaban J connectivity index is 1.37. The van der Waals surface area contributed by atoms with Crippen LogP contribution < -0.4 is 19.5 Å². The number of benzene rings is 2. The highest BCUT2D eigenvalue weighted by Crippen LogP contribution is 2.35. The molecule has 1 aliphatic rings. The smallest absolute Gasteiger partial charge is 0.251 e. The molecule has 1 amide bonds. The molecule has 26 heavy (non-hydrogen) atoms. The first-order valence-electron chi connectivity index (χ1n) is 8.20. The third kappa shape index (κ3) is 3.64. The summed E-state index contributed by atoms with van der Waals surface area (Å²) in [5, 5.41) is 2.83. The molecular weight excluding hydrogens is 334 g/mol. The molecule has 3 aromatic rings. The second-order valence-corrected chi connectivity index (χ2v) is 5.77. The van der Waals surface area contributed by atoms with Crippen molar-refractivity contribution in [2.45, 2.75) is 13.2 Å². The largest absolute Gasteiger partial charge is 0.489 e. The maximum Gasteiger partial charge on any atom is 0.251 e. The van der Waals surface area contributed by atoms with Crippen LogP contribution in [0.25, 0.3) is 0 Å². The molecule has 0 atom stereocenters. The zero-order valence-corrected chi connectivity index (χ0v) is 13.9. The van der Waals surface area contributed by atoms with Gasteiger partial charge in [0.05, 0.1) is 12.8 Å². The van der Waals surface area contributed by atoms with Crippen molar-refractivity contribution in [2.24, 2.45) is 0 Å². The molecule has 0 saturated heterocycles. The summed E-state index contributed by atoms with van der Waals surface area (Å²) in [4.78, 5) is 12.3.